The molecule has 0 bridgehead atoms. The molecule has 0 saturated heterocycles. The van der Waals surface area contributed by atoms with Crippen LogP contribution in [-0.4, -0.2) is 24.9 Å². The highest BCUT2D eigenvalue weighted by Gasteiger charge is 2.20. The van der Waals surface area contributed by atoms with Gasteiger partial charge in [0.2, 0.25) is 0 Å². The van der Waals surface area contributed by atoms with Crippen LogP contribution in [0.4, 0.5) is 0 Å². The zero-order valence-corrected chi connectivity index (χ0v) is 7.96. The first kappa shape index (κ1) is 10.0. The highest BCUT2D eigenvalue weighted by atomic mass is 16.5. The molecule has 1 aliphatic rings. The molecule has 0 aliphatic heterocycles. The van der Waals surface area contributed by atoms with Crippen molar-refractivity contribution < 1.29 is 9.84 Å². The Morgan fingerprint density at radius 3 is 2.75 bits per heavy atom. The molecule has 0 spiro atoms. The lowest BCUT2D eigenvalue weighted by atomic mass is 9.81. The zero-order valence-electron chi connectivity index (χ0n) is 7.96. The minimum absolute atomic E-state index is 0.0783. The van der Waals surface area contributed by atoms with Crippen LogP contribution in [0.5, 0.6) is 0 Å². The first-order valence-electron chi connectivity index (χ1n) is 5.00. The third-order valence-corrected chi connectivity index (χ3v) is 2.72. The maximum absolute atomic E-state index is 9.56. The fourth-order valence-electron chi connectivity index (χ4n) is 1.69. The maximum atomic E-state index is 9.56. The van der Waals surface area contributed by atoms with E-state index in [0.717, 1.165) is 31.8 Å². The minimum atomic E-state index is -0.0783. The molecule has 0 radical (unpaired) electrons. The lowest BCUT2D eigenvalue weighted by molar-refractivity contribution is 0.0961. The Morgan fingerprint density at radius 1 is 1.50 bits per heavy atom. The van der Waals surface area contributed by atoms with Gasteiger partial charge >= 0.3 is 0 Å². The number of aliphatic hydroxyl groups excluding tert-OH is 1. The summed E-state index contributed by atoms with van der Waals surface area (Å²) in [5.41, 5.74) is 0. The second kappa shape index (κ2) is 5.55. The van der Waals surface area contributed by atoms with E-state index in [-0.39, 0.29) is 6.10 Å². The van der Waals surface area contributed by atoms with E-state index in [4.69, 9.17) is 4.74 Å². The van der Waals surface area contributed by atoms with Crippen LogP contribution >= 0.6 is 0 Å². The Labute approximate surface area is 74.9 Å². The Kier molecular flexibility index (Phi) is 4.62. The summed E-state index contributed by atoms with van der Waals surface area (Å²) >= 11 is 0. The third-order valence-electron chi connectivity index (χ3n) is 2.72. The summed E-state index contributed by atoms with van der Waals surface area (Å²) < 4.78 is 4.93. The van der Waals surface area contributed by atoms with Gasteiger partial charge < -0.3 is 9.84 Å². The van der Waals surface area contributed by atoms with Crippen molar-refractivity contribution in [3.05, 3.63) is 0 Å². The predicted molar refractivity (Wildman–Crippen MR) is 49.1 cm³/mol. The molecule has 1 saturated carbocycles. The van der Waals surface area contributed by atoms with E-state index < -0.39 is 0 Å². The molecule has 12 heavy (non-hydrogen) atoms. The fourth-order valence-corrected chi connectivity index (χ4v) is 1.69. The number of aliphatic hydroxyl groups is 1. The van der Waals surface area contributed by atoms with Gasteiger partial charge in [-0.2, -0.15) is 0 Å². The number of hydrogen-bond acceptors (Lipinski definition) is 2. The van der Waals surface area contributed by atoms with Crippen molar-refractivity contribution in [2.24, 2.45) is 5.92 Å². The van der Waals surface area contributed by atoms with Gasteiger partial charge in [0.05, 0.1) is 6.10 Å². The van der Waals surface area contributed by atoms with Crippen LogP contribution in [0.3, 0.4) is 0 Å². The molecule has 1 atom stereocenters. The van der Waals surface area contributed by atoms with E-state index in [1.807, 2.05) is 0 Å². The predicted octanol–water partition coefficient (Wildman–Crippen LogP) is 1.96. The van der Waals surface area contributed by atoms with E-state index in [2.05, 4.69) is 0 Å². The minimum Gasteiger partial charge on any atom is -0.393 e. The molecule has 72 valence electrons. The lowest BCUT2D eigenvalue weighted by Gasteiger charge is -2.27. The van der Waals surface area contributed by atoms with Crippen molar-refractivity contribution in [1.29, 1.82) is 0 Å². The molecule has 1 N–H and O–H groups in total. The molecule has 1 aliphatic carbocycles. The average Bonchev–Trinajstić information content (AvgIpc) is 1.98. The normalized spacial score (nSPS) is 20.5. The van der Waals surface area contributed by atoms with Crippen molar-refractivity contribution >= 4 is 0 Å². The third kappa shape index (κ3) is 3.55. The van der Waals surface area contributed by atoms with Gasteiger partial charge in [-0.05, 0) is 25.2 Å². The van der Waals surface area contributed by atoms with Gasteiger partial charge in [-0.3, -0.25) is 0 Å². The average molecular weight is 172 g/mol. The Morgan fingerprint density at radius 2 is 2.25 bits per heavy atom. The number of hydrogen-bond donors (Lipinski definition) is 1. The van der Waals surface area contributed by atoms with E-state index in [0.29, 0.717) is 0 Å². The highest BCUT2D eigenvalue weighted by Crippen LogP contribution is 2.31. The number of methoxy groups -OCH3 is 1. The van der Waals surface area contributed by atoms with Gasteiger partial charge in [-0.1, -0.05) is 19.3 Å². The fraction of sp³-hybridized carbons (Fsp3) is 1.00. The van der Waals surface area contributed by atoms with Crippen molar-refractivity contribution in [1.82, 2.24) is 0 Å². The summed E-state index contributed by atoms with van der Waals surface area (Å²) in [5, 5.41) is 9.56. The summed E-state index contributed by atoms with van der Waals surface area (Å²) in [5.74, 6) is 0.822. The van der Waals surface area contributed by atoms with E-state index in [1.54, 1.807) is 7.11 Å². The van der Waals surface area contributed by atoms with Crippen molar-refractivity contribution in [2.45, 2.75) is 44.6 Å². The topological polar surface area (TPSA) is 29.5 Å². The lowest BCUT2D eigenvalue weighted by Crippen LogP contribution is -2.19. The van der Waals surface area contributed by atoms with Crippen LogP contribution in [-0.2, 0) is 4.74 Å². The maximum Gasteiger partial charge on any atom is 0.0543 e. The monoisotopic (exact) mass is 172 g/mol. The summed E-state index contributed by atoms with van der Waals surface area (Å²) in [7, 11) is 1.71. The van der Waals surface area contributed by atoms with Gasteiger partial charge in [0.15, 0.2) is 0 Å². The molecule has 0 aromatic heterocycles. The summed E-state index contributed by atoms with van der Waals surface area (Å²) in [6.07, 6.45) is 6.88. The molecule has 1 fully saturated rings. The van der Waals surface area contributed by atoms with E-state index in [9.17, 15) is 5.11 Å². The van der Waals surface area contributed by atoms with Crippen molar-refractivity contribution in [2.75, 3.05) is 13.7 Å². The molecular weight excluding hydrogens is 152 g/mol. The summed E-state index contributed by atoms with van der Waals surface area (Å²) in [6.45, 7) is 0.779. The van der Waals surface area contributed by atoms with Crippen LogP contribution in [0.15, 0.2) is 0 Å². The number of ether oxygens (including phenoxy) is 1. The van der Waals surface area contributed by atoms with Gasteiger partial charge in [0.25, 0.3) is 0 Å². The van der Waals surface area contributed by atoms with Crippen LogP contribution in [0.2, 0.25) is 0 Å². The molecule has 0 aromatic rings. The van der Waals surface area contributed by atoms with Gasteiger partial charge in [0.1, 0.15) is 0 Å². The molecule has 0 aromatic carbocycles. The molecule has 2 nitrogen and oxygen atoms in total. The zero-order chi connectivity index (χ0) is 8.81. The van der Waals surface area contributed by atoms with Crippen molar-refractivity contribution in [3.63, 3.8) is 0 Å². The van der Waals surface area contributed by atoms with E-state index >= 15 is 0 Å². The quantitative estimate of drug-likeness (QED) is 0.621. The Bertz CT molecular complexity index is 110. The Hall–Kier alpha value is -0.0800. The summed E-state index contributed by atoms with van der Waals surface area (Å²) in [4.78, 5) is 0. The second-order valence-electron chi connectivity index (χ2n) is 3.82. The molecule has 0 heterocycles. The van der Waals surface area contributed by atoms with Crippen LogP contribution in [0, 0.1) is 5.92 Å². The van der Waals surface area contributed by atoms with Crippen molar-refractivity contribution in [3.8, 4) is 0 Å². The largest absolute Gasteiger partial charge is 0.393 e. The second-order valence-corrected chi connectivity index (χ2v) is 3.82. The molecular formula is C10H20O2. The van der Waals surface area contributed by atoms with Gasteiger partial charge in [-0.25, -0.2) is 0 Å². The first-order chi connectivity index (χ1) is 5.83. The smallest absolute Gasteiger partial charge is 0.0543 e. The molecule has 0 amide bonds. The number of rotatable bonds is 6. The first-order valence-corrected chi connectivity index (χ1v) is 5.00. The molecule has 1 rings (SSSR count). The van der Waals surface area contributed by atoms with Crippen LogP contribution < -0.4 is 0 Å². The van der Waals surface area contributed by atoms with Crippen LogP contribution in [0.25, 0.3) is 0 Å². The van der Waals surface area contributed by atoms with Gasteiger partial charge in [0, 0.05) is 13.7 Å². The SMILES string of the molecule is COCCCC(O)CC1CCC1. The van der Waals surface area contributed by atoms with Gasteiger partial charge in [-0.15, -0.1) is 0 Å². The highest BCUT2D eigenvalue weighted by molar-refractivity contribution is 4.72. The molecule has 1 unspecified atom stereocenters. The van der Waals surface area contributed by atoms with Crippen LogP contribution in [0.1, 0.15) is 38.5 Å². The summed E-state index contributed by atoms with van der Waals surface area (Å²) in [6, 6.07) is 0. The standard InChI is InChI=1S/C10H20O2/c1-12-7-3-6-10(11)8-9-4-2-5-9/h9-11H,2-8H2,1H3. The van der Waals surface area contributed by atoms with E-state index in [1.165, 1.54) is 19.3 Å². The Balaban J connectivity index is 1.91. The molecule has 2 heteroatoms.